The smallest absolute Gasteiger partial charge is 0.378 e. The van der Waals surface area contributed by atoms with Crippen molar-refractivity contribution in [2.24, 2.45) is 0 Å². The zero-order valence-electron chi connectivity index (χ0n) is 8.44. The summed E-state index contributed by atoms with van der Waals surface area (Å²) in [6, 6.07) is 5.34. The quantitative estimate of drug-likeness (QED) is 0.365. The third kappa shape index (κ3) is 2.66. The van der Waals surface area contributed by atoms with E-state index >= 15 is 0 Å². The van der Waals surface area contributed by atoms with Gasteiger partial charge in [-0.25, -0.2) is 9.18 Å². The van der Waals surface area contributed by atoms with Crippen molar-refractivity contribution >= 4 is 17.5 Å². The summed E-state index contributed by atoms with van der Waals surface area (Å²) in [5.74, 6) is -3.48. The van der Waals surface area contributed by atoms with Gasteiger partial charge in [0.15, 0.2) is 0 Å². The number of hydrogen-bond donors (Lipinski definition) is 1. The number of carbonyl (C=O) groups is 2. The van der Waals surface area contributed by atoms with Crippen LogP contribution in [0.4, 0.5) is 4.39 Å². The van der Waals surface area contributed by atoms with Gasteiger partial charge >= 0.3 is 5.97 Å². The molecule has 0 heterocycles. The fraction of sp³-hybridized carbons (Fsp3) is 0.0909. The van der Waals surface area contributed by atoms with Gasteiger partial charge in [-0.15, -0.1) is 0 Å². The summed E-state index contributed by atoms with van der Waals surface area (Å²) in [5.41, 5.74) is -0.153. The maximum Gasteiger partial charge on any atom is 0.378 e. The largest absolute Gasteiger partial charge is 0.507 e. The molecule has 5 heteroatoms. The number of ketones is 1. The zero-order valence-corrected chi connectivity index (χ0v) is 8.44. The Morgan fingerprint density at radius 2 is 2.00 bits per heavy atom. The van der Waals surface area contributed by atoms with E-state index in [1.165, 1.54) is 18.2 Å². The molecular formula is C11H9FO4. The monoisotopic (exact) mass is 224 g/mol. The van der Waals surface area contributed by atoms with E-state index in [1.54, 1.807) is 0 Å². The highest BCUT2D eigenvalue weighted by molar-refractivity contribution is 6.39. The lowest BCUT2D eigenvalue weighted by atomic mass is 10.1. The first-order valence-corrected chi connectivity index (χ1v) is 4.34. The van der Waals surface area contributed by atoms with Gasteiger partial charge in [0.1, 0.15) is 11.6 Å². The van der Waals surface area contributed by atoms with Crippen LogP contribution in [0.5, 0.6) is 0 Å². The molecule has 0 unspecified atom stereocenters. The molecule has 0 amide bonds. The number of hydrogen-bond acceptors (Lipinski definition) is 4. The fourth-order valence-electron chi connectivity index (χ4n) is 1.03. The van der Waals surface area contributed by atoms with E-state index in [1.807, 2.05) is 0 Å². The maximum absolute atomic E-state index is 13.1. The molecule has 1 aromatic rings. The summed E-state index contributed by atoms with van der Waals surface area (Å²) < 4.78 is 17.3. The predicted molar refractivity (Wildman–Crippen MR) is 54.0 cm³/mol. The predicted octanol–water partition coefficient (Wildman–Crippen LogP) is 1.47. The number of halogens is 1. The highest BCUT2D eigenvalue weighted by atomic mass is 19.1. The van der Waals surface area contributed by atoms with Crippen LogP contribution in [0.3, 0.4) is 0 Å². The number of esters is 1. The Kier molecular flexibility index (Phi) is 3.77. The Morgan fingerprint density at radius 3 is 2.56 bits per heavy atom. The van der Waals surface area contributed by atoms with E-state index in [2.05, 4.69) is 4.74 Å². The minimum absolute atomic E-state index is 0.153. The molecule has 0 bridgehead atoms. The highest BCUT2D eigenvalue weighted by Gasteiger charge is 2.14. The van der Waals surface area contributed by atoms with Crippen molar-refractivity contribution in [1.82, 2.24) is 0 Å². The van der Waals surface area contributed by atoms with Crippen molar-refractivity contribution in [2.45, 2.75) is 0 Å². The zero-order chi connectivity index (χ0) is 12.1. The van der Waals surface area contributed by atoms with Crippen molar-refractivity contribution in [1.29, 1.82) is 0 Å². The van der Waals surface area contributed by atoms with E-state index in [0.29, 0.717) is 6.08 Å². The van der Waals surface area contributed by atoms with Crippen LogP contribution in [0.1, 0.15) is 5.56 Å². The van der Waals surface area contributed by atoms with Crippen molar-refractivity contribution in [3.05, 3.63) is 41.7 Å². The summed E-state index contributed by atoms with van der Waals surface area (Å²) in [5, 5.41) is 9.41. The van der Waals surface area contributed by atoms with E-state index in [0.717, 1.165) is 13.2 Å². The normalized spacial score (nSPS) is 11.0. The van der Waals surface area contributed by atoms with Crippen LogP contribution < -0.4 is 0 Å². The summed E-state index contributed by atoms with van der Waals surface area (Å²) in [6.07, 6.45) is 0.615. The Morgan fingerprint density at radius 1 is 1.38 bits per heavy atom. The minimum Gasteiger partial charge on any atom is -0.507 e. The number of ether oxygens (including phenoxy) is 1. The van der Waals surface area contributed by atoms with E-state index in [4.69, 9.17) is 0 Å². The molecule has 0 aliphatic heterocycles. The van der Waals surface area contributed by atoms with Crippen LogP contribution in [0, 0.1) is 5.82 Å². The summed E-state index contributed by atoms with van der Waals surface area (Å²) in [6.45, 7) is 0. The summed E-state index contributed by atoms with van der Waals surface area (Å²) in [4.78, 5) is 21.8. The SMILES string of the molecule is COC(=O)C(=O)/C=C(\O)c1ccccc1F. The van der Waals surface area contributed by atoms with Gasteiger partial charge in [-0.3, -0.25) is 4.79 Å². The third-order valence-electron chi connectivity index (χ3n) is 1.80. The van der Waals surface area contributed by atoms with Gasteiger partial charge < -0.3 is 9.84 Å². The second kappa shape index (κ2) is 5.06. The first kappa shape index (κ1) is 11.9. The average molecular weight is 224 g/mol. The minimum atomic E-state index is -1.12. The lowest BCUT2D eigenvalue weighted by Crippen LogP contribution is -2.13. The molecule has 84 valence electrons. The van der Waals surface area contributed by atoms with Crippen molar-refractivity contribution in [3.63, 3.8) is 0 Å². The van der Waals surface area contributed by atoms with Crippen LogP contribution in [0.15, 0.2) is 30.3 Å². The molecular weight excluding hydrogens is 215 g/mol. The second-order valence-electron chi connectivity index (χ2n) is 2.87. The maximum atomic E-state index is 13.1. The van der Waals surface area contributed by atoms with Crippen molar-refractivity contribution in [2.75, 3.05) is 7.11 Å². The van der Waals surface area contributed by atoms with E-state index < -0.39 is 23.3 Å². The standard InChI is InChI=1S/C11H9FO4/c1-16-11(15)10(14)6-9(13)7-4-2-3-5-8(7)12/h2-6,13H,1H3/b9-6-. The van der Waals surface area contributed by atoms with Gasteiger partial charge in [0.2, 0.25) is 0 Å². The third-order valence-corrected chi connectivity index (χ3v) is 1.80. The Bertz CT molecular complexity index is 451. The van der Waals surface area contributed by atoms with Gasteiger partial charge in [-0.1, -0.05) is 12.1 Å². The number of carbonyl (C=O) groups excluding carboxylic acids is 2. The number of aliphatic hydroxyl groups excluding tert-OH is 1. The molecule has 0 fully saturated rings. The lowest BCUT2D eigenvalue weighted by molar-refractivity contribution is -0.149. The topological polar surface area (TPSA) is 63.6 Å². The number of methoxy groups -OCH3 is 1. The van der Waals surface area contributed by atoms with Crippen LogP contribution in [0.25, 0.3) is 5.76 Å². The molecule has 1 rings (SSSR count). The first-order valence-electron chi connectivity index (χ1n) is 4.34. The van der Waals surface area contributed by atoms with Crippen LogP contribution in [-0.2, 0) is 14.3 Å². The average Bonchev–Trinajstić information content (AvgIpc) is 2.28. The molecule has 0 saturated carbocycles. The molecule has 0 atom stereocenters. The Labute approximate surface area is 91.0 Å². The van der Waals surface area contributed by atoms with Gasteiger partial charge in [0, 0.05) is 6.08 Å². The van der Waals surface area contributed by atoms with Crippen molar-refractivity contribution in [3.8, 4) is 0 Å². The fourth-order valence-corrected chi connectivity index (χ4v) is 1.03. The van der Waals surface area contributed by atoms with Crippen LogP contribution in [-0.4, -0.2) is 24.0 Å². The molecule has 4 nitrogen and oxygen atoms in total. The Balaban J connectivity index is 2.99. The number of benzene rings is 1. The van der Waals surface area contributed by atoms with Crippen molar-refractivity contribution < 1.29 is 23.8 Å². The van der Waals surface area contributed by atoms with Gasteiger partial charge in [-0.05, 0) is 12.1 Å². The molecule has 1 N–H and O–H groups in total. The molecule has 16 heavy (non-hydrogen) atoms. The van der Waals surface area contributed by atoms with E-state index in [9.17, 15) is 19.1 Å². The molecule has 0 spiro atoms. The van der Waals surface area contributed by atoms with Gasteiger partial charge in [-0.2, -0.15) is 0 Å². The number of rotatable bonds is 3. The van der Waals surface area contributed by atoms with Crippen LogP contribution in [0.2, 0.25) is 0 Å². The van der Waals surface area contributed by atoms with E-state index in [-0.39, 0.29) is 5.56 Å². The first-order chi connectivity index (χ1) is 7.56. The van der Waals surface area contributed by atoms with Gasteiger partial charge in [0.05, 0.1) is 12.7 Å². The molecule has 0 saturated heterocycles. The lowest BCUT2D eigenvalue weighted by Gasteiger charge is -2.00. The molecule has 0 aliphatic carbocycles. The summed E-state index contributed by atoms with van der Waals surface area (Å²) in [7, 11) is 1.04. The Hall–Kier alpha value is -2.17. The highest BCUT2D eigenvalue weighted by Crippen LogP contribution is 2.15. The van der Waals surface area contributed by atoms with Gasteiger partial charge in [0.25, 0.3) is 5.78 Å². The van der Waals surface area contributed by atoms with Crippen LogP contribution >= 0.6 is 0 Å². The second-order valence-corrected chi connectivity index (χ2v) is 2.87. The summed E-state index contributed by atoms with van der Waals surface area (Å²) >= 11 is 0. The molecule has 1 aromatic carbocycles. The number of aliphatic hydroxyl groups is 1. The molecule has 0 aliphatic rings. The molecule has 0 aromatic heterocycles. The molecule has 0 radical (unpaired) electrons.